The fourth-order valence-electron chi connectivity index (χ4n) is 3.29. The molecule has 0 spiro atoms. The predicted molar refractivity (Wildman–Crippen MR) is 103 cm³/mol. The Hall–Kier alpha value is -3.57. The number of carbonyl (C=O) groups is 3. The molecule has 0 aromatic heterocycles. The molecule has 0 saturated carbocycles. The lowest BCUT2D eigenvalue weighted by molar-refractivity contribution is -0.200. The van der Waals surface area contributed by atoms with E-state index in [0.29, 0.717) is 23.5 Å². The predicted octanol–water partition coefficient (Wildman–Crippen LogP) is 3.88. The largest absolute Gasteiger partial charge is 0.440 e. The number of aryl methyl sites for hydroxylation is 1. The molecule has 4 amide bonds. The Morgan fingerprint density at radius 3 is 2.24 bits per heavy atom. The average Bonchev–Trinajstić information content (AvgIpc) is 2.99. The topological polar surface area (TPSA) is 78.5 Å². The number of benzene rings is 2. The molecule has 1 atom stereocenters. The second-order valence-corrected chi connectivity index (χ2v) is 7.26. The molecule has 1 fully saturated rings. The zero-order valence-electron chi connectivity index (χ0n) is 16.8. The summed E-state index contributed by atoms with van der Waals surface area (Å²) >= 11 is 0. The molecule has 0 unspecified atom stereocenters. The molecule has 2 aromatic rings. The minimum Gasteiger partial charge on any atom is -0.314 e. The molecule has 1 saturated heterocycles. The first-order valence-corrected chi connectivity index (χ1v) is 9.60. The summed E-state index contributed by atoms with van der Waals surface area (Å²) in [7, 11) is 0. The van der Waals surface area contributed by atoms with Crippen molar-refractivity contribution in [2.75, 3.05) is 6.54 Å². The minimum atomic E-state index is -5.47. The minimum absolute atomic E-state index is 0.151. The van der Waals surface area contributed by atoms with Crippen molar-refractivity contribution >= 4 is 17.8 Å². The number of nitrogens with zero attached hydrogens (tertiary/aromatic N) is 1. The third kappa shape index (κ3) is 4.94. The Kier molecular flexibility index (Phi) is 6.39. The molecular formula is C21H17F6N3O3. The van der Waals surface area contributed by atoms with Gasteiger partial charge in [-0.1, -0.05) is 36.4 Å². The molecule has 0 radical (unpaired) electrons. The van der Waals surface area contributed by atoms with Crippen LogP contribution in [0.5, 0.6) is 0 Å². The van der Waals surface area contributed by atoms with E-state index >= 15 is 0 Å². The molecule has 1 aliphatic rings. The normalized spacial score (nSPS) is 18.9. The van der Waals surface area contributed by atoms with Gasteiger partial charge in [0.15, 0.2) is 0 Å². The third-order valence-corrected chi connectivity index (χ3v) is 4.97. The second kappa shape index (κ2) is 8.75. The molecule has 3 rings (SSSR count). The average molecular weight is 473 g/mol. The zero-order chi connectivity index (χ0) is 24.4. The van der Waals surface area contributed by atoms with E-state index < -0.39 is 47.0 Å². The van der Waals surface area contributed by atoms with E-state index in [1.54, 1.807) is 30.3 Å². The highest BCUT2D eigenvalue weighted by molar-refractivity contribution is 6.10. The maximum atomic E-state index is 13.9. The zero-order valence-corrected chi connectivity index (χ0v) is 16.8. The van der Waals surface area contributed by atoms with Crippen molar-refractivity contribution in [3.63, 3.8) is 0 Å². The Labute approximate surface area is 183 Å². The lowest BCUT2D eigenvalue weighted by Gasteiger charge is -2.30. The van der Waals surface area contributed by atoms with Crippen molar-refractivity contribution in [1.29, 1.82) is 0 Å². The number of rotatable bonds is 6. The summed E-state index contributed by atoms with van der Waals surface area (Å²) in [5.41, 5.74) is -5.00. The molecule has 1 aliphatic heterocycles. The highest BCUT2D eigenvalue weighted by atomic mass is 19.4. The smallest absolute Gasteiger partial charge is 0.314 e. The van der Waals surface area contributed by atoms with Crippen molar-refractivity contribution < 1.29 is 40.7 Å². The monoisotopic (exact) mass is 473 g/mol. The number of urea groups is 1. The highest BCUT2D eigenvalue weighted by Crippen LogP contribution is 2.35. The maximum Gasteiger partial charge on any atom is 0.440 e. The van der Waals surface area contributed by atoms with E-state index in [0.717, 1.165) is 17.7 Å². The van der Waals surface area contributed by atoms with E-state index in [1.165, 1.54) is 10.6 Å². The summed E-state index contributed by atoms with van der Waals surface area (Å²) in [6.07, 6.45) is -9.79. The molecule has 1 heterocycles. The highest BCUT2D eigenvalue weighted by Gasteiger charge is 2.68. The van der Waals surface area contributed by atoms with E-state index in [-0.39, 0.29) is 13.0 Å². The first kappa shape index (κ1) is 24.1. The molecule has 6 nitrogen and oxygen atoms in total. The number of hydrogen-bond donors (Lipinski definition) is 2. The number of carbonyl (C=O) groups excluding carboxylic acids is 3. The van der Waals surface area contributed by atoms with E-state index in [9.17, 15) is 40.7 Å². The van der Waals surface area contributed by atoms with Crippen LogP contribution < -0.4 is 10.6 Å². The number of amides is 4. The summed E-state index contributed by atoms with van der Waals surface area (Å²) in [4.78, 5) is 37.5. The molecule has 176 valence electrons. The number of halogens is 6. The second-order valence-electron chi connectivity index (χ2n) is 7.26. The maximum absolute atomic E-state index is 13.9. The summed E-state index contributed by atoms with van der Waals surface area (Å²) < 4.78 is 80.3. The van der Waals surface area contributed by atoms with Crippen LogP contribution in [0.15, 0.2) is 54.6 Å². The van der Waals surface area contributed by atoms with Crippen molar-refractivity contribution in [3.05, 3.63) is 71.3 Å². The quantitative estimate of drug-likeness (QED) is 0.494. The van der Waals surface area contributed by atoms with Crippen molar-refractivity contribution in [3.8, 4) is 0 Å². The van der Waals surface area contributed by atoms with Gasteiger partial charge in [-0.2, -0.15) is 26.3 Å². The van der Waals surface area contributed by atoms with Gasteiger partial charge in [-0.05, 0) is 36.6 Å². The first-order valence-electron chi connectivity index (χ1n) is 9.60. The van der Waals surface area contributed by atoms with Crippen LogP contribution in [0.25, 0.3) is 0 Å². The molecular weight excluding hydrogens is 456 g/mol. The van der Waals surface area contributed by atoms with E-state index in [4.69, 9.17) is 0 Å². The Bertz CT molecular complexity index is 1060. The van der Waals surface area contributed by atoms with Crippen molar-refractivity contribution in [2.45, 2.75) is 30.9 Å². The fourth-order valence-corrected chi connectivity index (χ4v) is 3.29. The Balaban J connectivity index is 1.80. The van der Waals surface area contributed by atoms with Gasteiger partial charge in [0.25, 0.3) is 17.5 Å². The summed E-state index contributed by atoms with van der Waals surface area (Å²) in [6, 6.07) is 10.1. The summed E-state index contributed by atoms with van der Waals surface area (Å²) in [5.74, 6) is -3.38. The molecule has 0 aliphatic carbocycles. The first-order chi connectivity index (χ1) is 15.3. The molecule has 12 heteroatoms. The lowest BCUT2D eigenvalue weighted by atomic mass is 10.1. The molecule has 33 heavy (non-hydrogen) atoms. The van der Waals surface area contributed by atoms with Gasteiger partial charge in [0.05, 0.1) is 5.56 Å². The van der Waals surface area contributed by atoms with Crippen LogP contribution in [0.1, 0.15) is 27.9 Å². The van der Waals surface area contributed by atoms with Gasteiger partial charge in [-0.3, -0.25) is 19.8 Å². The van der Waals surface area contributed by atoms with Crippen LogP contribution in [-0.2, 0) is 17.4 Å². The van der Waals surface area contributed by atoms with Crippen LogP contribution in [0, 0.1) is 0 Å². The van der Waals surface area contributed by atoms with Gasteiger partial charge in [0.1, 0.15) is 0 Å². The number of hydrogen-bond acceptors (Lipinski definition) is 3. The summed E-state index contributed by atoms with van der Waals surface area (Å²) in [6.45, 7) is -0.364. The van der Waals surface area contributed by atoms with Gasteiger partial charge >= 0.3 is 18.4 Å². The van der Waals surface area contributed by atoms with Crippen LogP contribution >= 0.6 is 0 Å². The van der Waals surface area contributed by atoms with Gasteiger partial charge in [-0.25, -0.2) is 4.79 Å². The van der Waals surface area contributed by atoms with Crippen molar-refractivity contribution in [2.24, 2.45) is 0 Å². The number of nitrogens with one attached hydrogen (secondary N) is 2. The lowest BCUT2D eigenvalue weighted by Crippen LogP contribution is -2.69. The summed E-state index contributed by atoms with van der Waals surface area (Å²) in [5, 5.41) is 2.85. The van der Waals surface area contributed by atoms with Gasteiger partial charge in [0.2, 0.25) is 0 Å². The molecule has 2 N–H and O–H groups in total. The number of alkyl halides is 6. The van der Waals surface area contributed by atoms with Crippen LogP contribution in [0.3, 0.4) is 0 Å². The SMILES string of the molecule is O=C(N[C@]1(C(F)(F)F)NC(=O)N(CCCc2ccccc2)C1=O)c1cccc(C(F)(F)F)c1. The van der Waals surface area contributed by atoms with Gasteiger partial charge < -0.3 is 5.32 Å². The molecule has 2 aromatic carbocycles. The third-order valence-electron chi connectivity index (χ3n) is 4.97. The Morgan fingerprint density at radius 2 is 1.64 bits per heavy atom. The van der Waals surface area contributed by atoms with Gasteiger partial charge in [0, 0.05) is 12.1 Å². The standard InChI is InChI=1S/C21H17F6N3O3/c22-20(23,24)15-10-4-9-14(12-15)16(31)28-19(21(25,26)27)17(32)30(18(33)29-19)11-5-8-13-6-2-1-3-7-13/h1-4,6-7,9-10,12H,5,8,11H2,(H,28,31)(H,29,33)/t19-/m0/s1. The molecule has 0 bridgehead atoms. The van der Waals surface area contributed by atoms with E-state index in [2.05, 4.69) is 0 Å². The number of imide groups is 1. The van der Waals surface area contributed by atoms with E-state index in [1.807, 2.05) is 0 Å². The van der Waals surface area contributed by atoms with Crippen LogP contribution in [0.4, 0.5) is 31.1 Å². The van der Waals surface area contributed by atoms with Crippen LogP contribution in [0.2, 0.25) is 0 Å². The van der Waals surface area contributed by atoms with Crippen molar-refractivity contribution in [1.82, 2.24) is 15.5 Å². The Morgan fingerprint density at radius 1 is 0.970 bits per heavy atom. The van der Waals surface area contributed by atoms with Crippen LogP contribution in [-0.4, -0.2) is 41.1 Å². The van der Waals surface area contributed by atoms with Gasteiger partial charge in [-0.15, -0.1) is 0 Å². The fraction of sp³-hybridized carbons (Fsp3) is 0.286.